The fourth-order valence-electron chi connectivity index (χ4n) is 3.10. The van der Waals surface area contributed by atoms with Crippen LogP contribution in [0.5, 0.6) is 0 Å². The van der Waals surface area contributed by atoms with Crippen molar-refractivity contribution in [1.29, 1.82) is 0 Å². The van der Waals surface area contributed by atoms with Crippen molar-refractivity contribution in [3.8, 4) is 0 Å². The average Bonchev–Trinajstić information content (AvgIpc) is 2.82. The van der Waals surface area contributed by atoms with Gasteiger partial charge in [-0.05, 0) is 33.1 Å². The molecular weight excluding hydrogens is 242 g/mol. The Morgan fingerprint density at radius 3 is 2.68 bits per heavy atom. The van der Waals surface area contributed by atoms with E-state index < -0.39 is 5.41 Å². The van der Waals surface area contributed by atoms with Crippen LogP contribution < -0.4 is 10.6 Å². The van der Waals surface area contributed by atoms with Gasteiger partial charge in [-0.1, -0.05) is 0 Å². The molecule has 19 heavy (non-hydrogen) atoms. The Labute approximate surface area is 115 Å². The summed E-state index contributed by atoms with van der Waals surface area (Å²) in [6.07, 6.45) is 2.77. The van der Waals surface area contributed by atoms with Crippen LogP contribution in [0.2, 0.25) is 0 Å². The molecule has 2 amide bonds. The van der Waals surface area contributed by atoms with Crippen molar-refractivity contribution < 1.29 is 9.59 Å². The van der Waals surface area contributed by atoms with Gasteiger partial charge in [-0.25, -0.2) is 0 Å². The number of hydrogen-bond donors (Lipinski definition) is 2. The highest BCUT2D eigenvalue weighted by Crippen LogP contribution is 2.31. The quantitative estimate of drug-likeness (QED) is 0.759. The monoisotopic (exact) mass is 267 g/mol. The van der Waals surface area contributed by atoms with Gasteiger partial charge in [0.1, 0.15) is 0 Å². The molecule has 5 nitrogen and oxygen atoms in total. The Kier molecular flexibility index (Phi) is 4.13. The number of nitrogens with one attached hydrogen (secondary N) is 2. The lowest BCUT2D eigenvalue weighted by atomic mass is 9.88. The number of rotatable bonds is 2. The maximum absolute atomic E-state index is 12.5. The summed E-state index contributed by atoms with van der Waals surface area (Å²) in [7, 11) is 1.66. The van der Waals surface area contributed by atoms with Crippen LogP contribution in [0.4, 0.5) is 0 Å². The minimum absolute atomic E-state index is 0.0400. The van der Waals surface area contributed by atoms with E-state index in [0.29, 0.717) is 19.1 Å². The summed E-state index contributed by atoms with van der Waals surface area (Å²) in [6, 6.07) is 0.513. The number of carbonyl (C=O) groups is 2. The normalized spacial score (nSPS) is 35.2. The molecule has 0 aromatic carbocycles. The maximum Gasteiger partial charge on any atom is 0.227 e. The lowest BCUT2D eigenvalue weighted by Gasteiger charge is -2.30. The highest BCUT2D eigenvalue weighted by Gasteiger charge is 2.42. The number of hydrogen-bond acceptors (Lipinski definition) is 3. The van der Waals surface area contributed by atoms with Crippen molar-refractivity contribution in [1.82, 2.24) is 15.5 Å². The Bertz CT molecular complexity index is 364. The summed E-state index contributed by atoms with van der Waals surface area (Å²) >= 11 is 0. The van der Waals surface area contributed by atoms with Gasteiger partial charge in [0, 0.05) is 32.7 Å². The molecule has 2 N–H and O–H groups in total. The van der Waals surface area contributed by atoms with Crippen molar-refractivity contribution in [2.75, 3.05) is 26.7 Å². The van der Waals surface area contributed by atoms with E-state index in [0.717, 1.165) is 25.8 Å². The van der Waals surface area contributed by atoms with Crippen molar-refractivity contribution in [3.05, 3.63) is 0 Å². The first-order valence-corrected chi connectivity index (χ1v) is 7.20. The third kappa shape index (κ3) is 2.91. The van der Waals surface area contributed by atoms with E-state index in [-0.39, 0.29) is 17.7 Å². The van der Waals surface area contributed by atoms with Crippen LogP contribution in [0.15, 0.2) is 0 Å². The standard InChI is InChI=1S/C14H25N3O2/c1-10-4-5-11(8-16-10)12(18)17-7-6-14(2,9-17)13(19)15-3/h10-11,16H,4-9H2,1-3H3,(H,15,19). The predicted octanol–water partition coefficient (Wildman–Crippen LogP) is 0.359. The Hall–Kier alpha value is -1.10. The molecule has 2 saturated heterocycles. The minimum Gasteiger partial charge on any atom is -0.359 e. The fraction of sp³-hybridized carbons (Fsp3) is 0.857. The highest BCUT2D eigenvalue weighted by atomic mass is 16.2. The van der Waals surface area contributed by atoms with Crippen LogP contribution in [-0.4, -0.2) is 49.4 Å². The molecule has 2 fully saturated rings. The van der Waals surface area contributed by atoms with Gasteiger partial charge < -0.3 is 15.5 Å². The number of likely N-dealkylation sites (tertiary alicyclic amines) is 1. The van der Waals surface area contributed by atoms with Gasteiger partial charge in [0.2, 0.25) is 11.8 Å². The van der Waals surface area contributed by atoms with E-state index in [4.69, 9.17) is 0 Å². The lowest BCUT2D eigenvalue weighted by Crippen LogP contribution is -2.46. The molecule has 108 valence electrons. The van der Waals surface area contributed by atoms with Crippen LogP contribution >= 0.6 is 0 Å². The molecule has 3 unspecified atom stereocenters. The van der Waals surface area contributed by atoms with Crippen molar-refractivity contribution >= 4 is 11.8 Å². The van der Waals surface area contributed by atoms with Crippen molar-refractivity contribution in [3.63, 3.8) is 0 Å². The number of carbonyl (C=O) groups excluding carboxylic acids is 2. The summed E-state index contributed by atoms with van der Waals surface area (Å²) in [4.78, 5) is 26.2. The van der Waals surface area contributed by atoms with E-state index in [1.807, 2.05) is 11.8 Å². The van der Waals surface area contributed by atoms with Crippen LogP contribution in [-0.2, 0) is 9.59 Å². The third-order valence-corrected chi connectivity index (χ3v) is 4.57. The molecule has 0 aromatic rings. The summed E-state index contributed by atoms with van der Waals surface area (Å²) in [5.74, 6) is 0.341. The van der Waals surface area contributed by atoms with E-state index in [9.17, 15) is 9.59 Å². The van der Waals surface area contributed by atoms with Gasteiger partial charge in [-0.15, -0.1) is 0 Å². The smallest absolute Gasteiger partial charge is 0.227 e. The van der Waals surface area contributed by atoms with Gasteiger partial charge in [-0.3, -0.25) is 9.59 Å². The lowest BCUT2D eigenvalue weighted by molar-refractivity contribution is -0.136. The molecule has 0 aliphatic carbocycles. The molecule has 2 aliphatic rings. The van der Waals surface area contributed by atoms with Crippen molar-refractivity contribution in [2.24, 2.45) is 11.3 Å². The van der Waals surface area contributed by atoms with E-state index in [1.54, 1.807) is 7.05 Å². The van der Waals surface area contributed by atoms with Gasteiger partial charge in [0.15, 0.2) is 0 Å². The second-order valence-corrected chi connectivity index (χ2v) is 6.23. The van der Waals surface area contributed by atoms with E-state index in [1.165, 1.54) is 0 Å². The molecule has 0 aromatic heterocycles. The Morgan fingerprint density at radius 1 is 1.37 bits per heavy atom. The summed E-state index contributed by atoms with van der Waals surface area (Å²) in [5, 5.41) is 6.07. The molecule has 0 spiro atoms. The summed E-state index contributed by atoms with van der Waals surface area (Å²) < 4.78 is 0. The number of amides is 2. The predicted molar refractivity (Wildman–Crippen MR) is 73.6 cm³/mol. The first-order valence-electron chi connectivity index (χ1n) is 7.20. The SMILES string of the molecule is CNC(=O)C1(C)CCN(C(=O)C2CCC(C)NC2)C1. The van der Waals surface area contributed by atoms with Gasteiger partial charge >= 0.3 is 0 Å². The molecule has 2 aliphatic heterocycles. The molecule has 3 atom stereocenters. The Morgan fingerprint density at radius 2 is 2.11 bits per heavy atom. The van der Waals surface area contributed by atoms with Crippen molar-refractivity contribution in [2.45, 2.75) is 39.2 Å². The van der Waals surface area contributed by atoms with Gasteiger partial charge in [-0.2, -0.15) is 0 Å². The van der Waals surface area contributed by atoms with Crippen LogP contribution in [0.25, 0.3) is 0 Å². The van der Waals surface area contributed by atoms with Gasteiger partial charge in [0.05, 0.1) is 11.3 Å². The van der Waals surface area contributed by atoms with Crippen LogP contribution in [0.1, 0.15) is 33.1 Å². The number of nitrogens with zero attached hydrogens (tertiary/aromatic N) is 1. The van der Waals surface area contributed by atoms with Crippen LogP contribution in [0.3, 0.4) is 0 Å². The average molecular weight is 267 g/mol. The zero-order valence-electron chi connectivity index (χ0n) is 12.2. The van der Waals surface area contributed by atoms with Gasteiger partial charge in [0.25, 0.3) is 0 Å². The molecule has 0 radical (unpaired) electrons. The number of piperidine rings is 1. The maximum atomic E-state index is 12.5. The topological polar surface area (TPSA) is 61.4 Å². The zero-order valence-corrected chi connectivity index (χ0v) is 12.2. The third-order valence-electron chi connectivity index (χ3n) is 4.57. The van der Waals surface area contributed by atoms with E-state index in [2.05, 4.69) is 17.6 Å². The molecule has 5 heteroatoms. The second-order valence-electron chi connectivity index (χ2n) is 6.23. The molecule has 2 heterocycles. The molecule has 0 saturated carbocycles. The zero-order chi connectivity index (χ0) is 14.0. The molecular formula is C14H25N3O2. The Balaban J connectivity index is 1.93. The first-order chi connectivity index (χ1) is 8.96. The largest absolute Gasteiger partial charge is 0.359 e. The van der Waals surface area contributed by atoms with Crippen LogP contribution in [0, 0.1) is 11.3 Å². The molecule has 2 rings (SSSR count). The highest BCUT2D eigenvalue weighted by molar-refractivity contribution is 5.85. The summed E-state index contributed by atoms with van der Waals surface area (Å²) in [5.41, 5.74) is -0.417. The molecule has 0 bridgehead atoms. The summed E-state index contributed by atoms with van der Waals surface area (Å²) in [6.45, 7) is 6.12. The first kappa shape index (κ1) is 14.3. The fourth-order valence-corrected chi connectivity index (χ4v) is 3.10. The second kappa shape index (κ2) is 5.49. The van der Waals surface area contributed by atoms with E-state index >= 15 is 0 Å². The minimum atomic E-state index is -0.417.